The molecule has 5 atom stereocenters. The Balaban J connectivity index is 5.28. The number of aliphatic hydroxyl groups is 1. The highest BCUT2D eigenvalue weighted by Gasteiger charge is 2.30. The van der Waals surface area contributed by atoms with Gasteiger partial charge in [-0.1, -0.05) is 302 Å². The van der Waals surface area contributed by atoms with E-state index in [4.69, 9.17) is 37.0 Å². The fraction of sp³-hybridized carbons (Fsp3) is 0.867. The summed E-state index contributed by atoms with van der Waals surface area (Å²) in [7, 11) is -9.92. The maximum Gasteiger partial charge on any atom is 0.472 e. The van der Waals surface area contributed by atoms with E-state index in [1.54, 1.807) is 0 Å². The number of phosphoric acid groups is 2. The lowest BCUT2D eigenvalue weighted by Crippen LogP contribution is -2.30. The number of esters is 4. The van der Waals surface area contributed by atoms with Gasteiger partial charge in [-0.3, -0.25) is 37.3 Å². The van der Waals surface area contributed by atoms with Gasteiger partial charge in [-0.25, -0.2) is 9.13 Å². The summed E-state index contributed by atoms with van der Waals surface area (Å²) in [6, 6.07) is 0. The monoisotopic (exact) mass is 1370 g/mol. The highest BCUT2D eigenvalue weighted by atomic mass is 31.2. The van der Waals surface area contributed by atoms with Gasteiger partial charge in [0.1, 0.15) is 19.3 Å². The number of allylic oxidation sites excluding steroid dienone is 6. The second-order valence-electron chi connectivity index (χ2n) is 26.0. The topological polar surface area (TPSA) is 237 Å². The SMILES string of the molecule is CCC/C=C\C/C=C\CCCCCCCC(=O)OCC(COP(=O)(O)OCC(O)COP(=O)(O)OCC(COC(=O)CCCCCCCCCCCCCCCCC)OC(=O)CCCCCCCCCCCCCCCCC)OC(=O)CCCCCCC/C=C\CCCC. The van der Waals surface area contributed by atoms with Gasteiger partial charge >= 0.3 is 39.5 Å². The number of phosphoric ester groups is 2. The average molecular weight is 1380 g/mol. The maximum atomic E-state index is 13.1. The van der Waals surface area contributed by atoms with Crippen molar-refractivity contribution in [3.63, 3.8) is 0 Å². The van der Waals surface area contributed by atoms with E-state index < -0.39 is 97.5 Å². The first kappa shape index (κ1) is 91.3. The Kier molecular flexibility index (Phi) is 66.8. The van der Waals surface area contributed by atoms with Gasteiger partial charge < -0.3 is 33.8 Å². The zero-order valence-electron chi connectivity index (χ0n) is 60.2. The molecule has 94 heavy (non-hydrogen) atoms. The van der Waals surface area contributed by atoms with Gasteiger partial charge in [-0.05, 0) is 70.6 Å². The molecule has 3 N–H and O–H groups in total. The molecule has 0 amide bonds. The molecule has 0 aliphatic carbocycles. The van der Waals surface area contributed by atoms with E-state index >= 15 is 0 Å². The van der Waals surface area contributed by atoms with Crippen LogP contribution in [0.25, 0.3) is 0 Å². The fourth-order valence-corrected chi connectivity index (χ4v) is 12.3. The van der Waals surface area contributed by atoms with E-state index in [1.165, 1.54) is 148 Å². The molecule has 0 saturated carbocycles. The Morgan fingerprint density at radius 2 is 0.553 bits per heavy atom. The Hall–Kier alpha value is -2.72. The number of aliphatic hydroxyl groups excluding tert-OH is 1. The van der Waals surface area contributed by atoms with Gasteiger partial charge in [-0.15, -0.1) is 0 Å². The molecule has 552 valence electrons. The van der Waals surface area contributed by atoms with Crippen LogP contribution in [0.2, 0.25) is 0 Å². The molecule has 0 aliphatic rings. The molecular weight excluding hydrogens is 1230 g/mol. The Labute approximate surface area is 573 Å². The second kappa shape index (κ2) is 68.8. The number of carbonyl (C=O) groups is 4. The van der Waals surface area contributed by atoms with E-state index in [-0.39, 0.29) is 25.7 Å². The van der Waals surface area contributed by atoms with Gasteiger partial charge in [0.2, 0.25) is 0 Å². The number of hydrogen-bond acceptors (Lipinski definition) is 15. The summed E-state index contributed by atoms with van der Waals surface area (Å²) in [6.07, 6.45) is 62.8. The molecule has 0 aromatic carbocycles. The van der Waals surface area contributed by atoms with Crippen molar-refractivity contribution in [2.45, 2.75) is 380 Å². The van der Waals surface area contributed by atoms with Crippen LogP contribution in [0.3, 0.4) is 0 Å². The normalized spacial score (nSPS) is 14.2. The van der Waals surface area contributed by atoms with Crippen LogP contribution in [-0.2, 0) is 65.4 Å². The van der Waals surface area contributed by atoms with Crippen LogP contribution in [0.5, 0.6) is 0 Å². The number of ether oxygens (including phenoxy) is 4. The van der Waals surface area contributed by atoms with E-state index in [1.807, 2.05) is 0 Å². The fourth-order valence-electron chi connectivity index (χ4n) is 10.7. The summed E-state index contributed by atoms with van der Waals surface area (Å²) < 4.78 is 68.4. The number of rotatable bonds is 73. The lowest BCUT2D eigenvalue weighted by Gasteiger charge is -2.21. The third-order valence-corrected chi connectivity index (χ3v) is 18.5. The van der Waals surface area contributed by atoms with Gasteiger partial charge in [0.25, 0.3) is 0 Å². The summed E-state index contributed by atoms with van der Waals surface area (Å²) in [4.78, 5) is 72.7. The second-order valence-corrected chi connectivity index (χ2v) is 28.9. The lowest BCUT2D eigenvalue weighted by molar-refractivity contribution is -0.161. The van der Waals surface area contributed by atoms with Crippen molar-refractivity contribution in [2.75, 3.05) is 39.6 Å². The molecule has 0 radical (unpaired) electrons. The van der Waals surface area contributed by atoms with Gasteiger partial charge in [0, 0.05) is 25.7 Å². The Bertz CT molecular complexity index is 1930. The largest absolute Gasteiger partial charge is 0.472 e. The third-order valence-electron chi connectivity index (χ3n) is 16.6. The maximum absolute atomic E-state index is 13.1. The molecule has 0 bridgehead atoms. The standard InChI is InChI=1S/C75H140O17P2/c1-5-9-13-17-21-25-29-32-34-37-41-44-48-52-56-60-73(78)86-66-71(92-75(80)62-58-54-50-46-42-38-35-33-30-26-22-18-14-10-6-2)68-90-94(83,84)88-64-69(76)63-87-93(81,82)89-67-70(91-74(79)61-57-53-49-45-39-28-24-20-16-12-8-4)65-85-72(77)59-55-51-47-43-40-36-31-27-23-19-15-11-7-3/h15,19-20,24,27,31,69-71,76H,5-14,16-18,21-23,25-26,28-30,32-68H2,1-4H3,(H,81,82)(H,83,84)/b19-15-,24-20-,31-27-. The number of unbranched alkanes of at least 4 members (excludes halogenated alkanes) is 41. The minimum atomic E-state index is -4.96. The van der Waals surface area contributed by atoms with Crippen LogP contribution in [0.4, 0.5) is 0 Å². The molecule has 5 unspecified atom stereocenters. The minimum Gasteiger partial charge on any atom is -0.462 e. The Morgan fingerprint density at radius 3 is 0.872 bits per heavy atom. The first-order valence-corrected chi connectivity index (χ1v) is 41.2. The zero-order valence-corrected chi connectivity index (χ0v) is 61.9. The van der Waals surface area contributed by atoms with Crippen LogP contribution in [-0.4, -0.2) is 96.7 Å². The molecular formula is C75H140O17P2. The first-order chi connectivity index (χ1) is 45.7. The van der Waals surface area contributed by atoms with E-state index in [0.29, 0.717) is 25.7 Å². The highest BCUT2D eigenvalue weighted by molar-refractivity contribution is 7.47. The molecule has 0 aromatic heterocycles. The summed E-state index contributed by atoms with van der Waals surface area (Å²) in [5.74, 6) is -2.16. The van der Waals surface area contributed by atoms with E-state index in [0.717, 1.165) is 135 Å². The number of carbonyl (C=O) groups excluding carboxylic acids is 4. The zero-order chi connectivity index (χ0) is 69.0. The highest BCUT2D eigenvalue weighted by Crippen LogP contribution is 2.45. The van der Waals surface area contributed by atoms with Crippen molar-refractivity contribution >= 4 is 39.5 Å². The van der Waals surface area contributed by atoms with Crippen molar-refractivity contribution in [2.24, 2.45) is 0 Å². The van der Waals surface area contributed by atoms with Crippen molar-refractivity contribution in [3.8, 4) is 0 Å². The van der Waals surface area contributed by atoms with Crippen molar-refractivity contribution < 1.29 is 80.2 Å². The third kappa shape index (κ3) is 67.8. The van der Waals surface area contributed by atoms with Crippen LogP contribution >= 0.6 is 15.6 Å². The van der Waals surface area contributed by atoms with E-state index in [2.05, 4.69) is 64.2 Å². The van der Waals surface area contributed by atoms with Crippen molar-refractivity contribution in [1.82, 2.24) is 0 Å². The molecule has 0 rings (SSSR count). The van der Waals surface area contributed by atoms with Gasteiger partial charge in [0.05, 0.1) is 26.4 Å². The predicted octanol–water partition coefficient (Wildman–Crippen LogP) is 21.6. The Morgan fingerprint density at radius 1 is 0.298 bits per heavy atom. The van der Waals surface area contributed by atoms with Crippen molar-refractivity contribution in [1.29, 1.82) is 0 Å². The van der Waals surface area contributed by atoms with Crippen LogP contribution < -0.4 is 0 Å². The molecule has 0 saturated heterocycles. The summed E-state index contributed by atoms with van der Waals surface area (Å²) in [5.41, 5.74) is 0. The van der Waals surface area contributed by atoms with Gasteiger partial charge in [-0.2, -0.15) is 0 Å². The quantitative estimate of drug-likeness (QED) is 0.0169. The molecule has 19 heteroatoms. The summed E-state index contributed by atoms with van der Waals surface area (Å²) in [6.45, 7) is 4.82. The molecule has 0 heterocycles. The van der Waals surface area contributed by atoms with Gasteiger partial charge in [0.15, 0.2) is 12.2 Å². The average Bonchev–Trinajstić information content (AvgIpc) is 1.22. The van der Waals surface area contributed by atoms with Crippen LogP contribution in [0.15, 0.2) is 36.5 Å². The van der Waals surface area contributed by atoms with E-state index in [9.17, 15) is 43.2 Å². The van der Waals surface area contributed by atoms with Crippen LogP contribution in [0, 0.1) is 0 Å². The first-order valence-electron chi connectivity index (χ1n) is 38.2. The minimum absolute atomic E-state index is 0.0868. The summed E-state index contributed by atoms with van der Waals surface area (Å²) in [5, 5.41) is 10.6. The summed E-state index contributed by atoms with van der Waals surface area (Å²) >= 11 is 0. The smallest absolute Gasteiger partial charge is 0.462 e. The molecule has 17 nitrogen and oxygen atoms in total. The van der Waals surface area contributed by atoms with Crippen LogP contribution in [0.1, 0.15) is 362 Å². The molecule has 0 spiro atoms. The lowest BCUT2D eigenvalue weighted by atomic mass is 10.0. The van der Waals surface area contributed by atoms with Crippen molar-refractivity contribution in [3.05, 3.63) is 36.5 Å². The number of hydrogen-bond donors (Lipinski definition) is 3. The molecule has 0 aliphatic heterocycles. The molecule has 0 aromatic rings. The predicted molar refractivity (Wildman–Crippen MR) is 381 cm³/mol. The molecule has 0 fully saturated rings.